The molecule has 25 heavy (non-hydrogen) atoms. The Morgan fingerprint density at radius 2 is 1.72 bits per heavy atom. The van der Waals surface area contributed by atoms with Gasteiger partial charge in [0.15, 0.2) is 9.84 Å². The minimum Gasteiger partial charge on any atom is -0.228 e. The summed E-state index contributed by atoms with van der Waals surface area (Å²) in [6.07, 6.45) is 6.89. The van der Waals surface area contributed by atoms with Crippen LogP contribution in [0.5, 0.6) is 0 Å². The van der Waals surface area contributed by atoms with Gasteiger partial charge in [0.25, 0.3) is 0 Å². The molecule has 1 saturated carbocycles. The zero-order valence-corrected chi connectivity index (χ0v) is 17.3. The summed E-state index contributed by atoms with van der Waals surface area (Å²) < 4.78 is 25.6. The van der Waals surface area contributed by atoms with E-state index in [-0.39, 0.29) is 0 Å². The van der Waals surface area contributed by atoms with Crippen molar-refractivity contribution in [3.63, 3.8) is 0 Å². The van der Waals surface area contributed by atoms with E-state index in [1.54, 1.807) is 0 Å². The van der Waals surface area contributed by atoms with Gasteiger partial charge in [-0.3, -0.25) is 0 Å². The lowest BCUT2D eigenvalue weighted by molar-refractivity contribution is 0.278. The first kappa shape index (κ1) is 18.9. The van der Waals surface area contributed by atoms with Gasteiger partial charge in [-0.15, -0.1) is 11.3 Å². The SMILES string of the molecule is CC(C)(C)S(=O)(=O)CC1CCC(CCc2ccc3ccsc3c2)CC1. The third kappa shape index (κ3) is 4.65. The van der Waals surface area contributed by atoms with Gasteiger partial charge in [0, 0.05) is 4.70 Å². The molecule has 0 N–H and O–H groups in total. The maximum atomic E-state index is 12.4. The third-order valence-corrected chi connectivity index (χ3v) is 9.37. The highest BCUT2D eigenvalue weighted by molar-refractivity contribution is 7.92. The van der Waals surface area contributed by atoms with Crippen LogP contribution in [0.15, 0.2) is 29.6 Å². The Morgan fingerprint density at radius 3 is 2.40 bits per heavy atom. The summed E-state index contributed by atoms with van der Waals surface area (Å²) in [5.41, 5.74) is 1.44. The number of rotatable bonds is 5. The molecule has 1 aliphatic rings. The van der Waals surface area contributed by atoms with Crippen molar-refractivity contribution in [2.24, 2.45) is 11.8 Å². The molecule has 1 aromatic heterocycles. The molecule has 0 atom stereocenters. The molecule has 4 heteroatoms. The fourth-order valence-electron chi connectivity index (χ4n) is 3.77. The molecule has 0 spiro atoms. The largest absolute Gasteiger partial charge is 0.228 e. The quantitative estimate of drug-likeness (QED) is 0.653. The molecule has 1 aromatic carbocycles. The highest BCUT2D eigenvalue weighted by atomic mass is 32.2. The Kier molecular flexibility index (Phi) is 5.60. The third-order valence-electron chi connectivity index (χ3n) is 5.72. The summed E-state index contributed by atoms with van der Waals surface area (Å²) in [7, 11) is -2.98. The maximum absolute atomic E-state index is 12.4. The molecule has 0 bridgehead atoms. The molecular weight excluding hydrogens is 348 g/mol. The van der Waals surface area contributed by atoms with Gasteiger partial charge in [-0.05, 0) is 86.8 Å². The molecule has 0 aliphatic heterocycles. The van der Waals surface area contributed by atoms with Gasteiger partial charge in [-0.1, -0.05) is 25.0 Å². The van der Waals surface area contributed by atoms with E-state index in [1.165, 1.54) is 34.9 Å². The predicted molar refractivity (Wildman–Crippen MR) is 109 cm³/mol. The second kappa shape index (κ2) is 7.40. The lowest BCUT2D eigenvalue weighted by Gasteiger charge is -2.30. The smallest absolute Gasteiger partial charge is 0.155 e. The lowest BCUT2D eigenvalue weighted by atomic mass is 9.80. The first-order valence-corrected chi connectivity index (χ1v) is 12.0. The van der Waals surface area contributed by atoms with Crippen LogP contribution in [0.25, 0.3) is 10.1 Å². The lowest BCUT2D eigenvalue weighted by Crippen LogP contribution is -2.34. The Morgan fingerprint density at radius 1 is 1.04 bits per heavy atom. The van der Waals surface area contributed by atoms with Crippen LogP contribution in [0.1, 0.15) is 58.4 Å². The zero-order valence-electron chi connectivity index (χ0n) is 15.6. The number of hydrogen-bond donors (Lipinski definition) is 0. The molecule has 1 fully saturated rings. The van der Waals surface area contributed by atoms with E-state index in [0.717, 1.165) is 25.2 Å². The maximum Gasteiger partial charge on any atom is 0.155 e. The van der Waals surface area contributed by atoms with E-state index in [4.69, 9.17) is 0 Å². The molecule has 1 aliphatic carbocycles. The van der Waals surface area contributed by atoms with Crippen LogP contribution in [0, 0.1) is 11.8 Å². The molecule has 0 unspecified atom stereocenters. The highest BCUT2D eigenvalue weighted by Gasteiger charge is 2.33. The molecule has 2 aromatic rings. The van der Waals surface area contributed by atoms with Crippen LogP contribution in [0.2, 0.25) is 0 Å². The standard InChI is InChI=1S/C21H30O2S2/c1-21(2,3)25(22,23)15-18-8-5-16(6-9-18)4-7-17-10-11-19-12-13-24-20(19)14-17/h10-14,16,18H,4-9,15H2,1-3H3. The van der Waals surface area contributed by atoms with Crippen molar-refractivity contribution in [3.8, 4) is 0 Å². The van der Waals surface area contributed by atoms with Crippen LogP contribution in [0.4, 0.5) is 0 Å². The van der Waals surface area contributed by atoms with E-state index in [2.05, 4.69) is 29.6 Å². The number of fused-ring (bicyclic) bond motifs is 1. The minimum absolute atomic E-state index is 0.364. The number of sulfone groups is 1. The molecule has 0 saturated heterocycles. The molecule has 3 rings (SSSR count). The molecule has 0 radical (unpaired) electrons. The van der Waals surface area contributed by atoms with Gasteiger partial charge in [0.1, 0.15) is 0 Å². The van der Waals surface area contributed by atoms with Crippen molar-refractivity contribution in [2.45, 2.75) is 64.0 Å². The Bertz CT molecular complexity index is 804. The van der Waals surface area contributed by atoms with Crippen molar-refractivity contribution in [2.75, 3.05) is 5.75 Å². The molecule has 0 amide bonds. The number of benzene rings is 1. The summed E-state index contributed by atoms with van der Waals surface area (Å²) in [6, 6.07) is 9.00. The first-order chi connectivity index (χ1) is 11.7. The first-order valence-electron chi connectivity index (χ1n) is 9.43. The summed E-state index contributed by atoms with van der Waals surface area (Å²) in [4.78, 5) is 0. The van der Waals surface area contributed by atoms with E-state index in [0.29, 0.717) is 11.7 Å². The van der Waals surface area contributed by atoms with E-state index in [1.807, 2.05) is 32.1 Å². The van der Waals surface area contributed by atoms with Gasteiger partial charge in [0.05, 0.1) is 10.5 Å². The topological polar surface area (TPSA) is 34.1 Å². The summed E-state index contributed by atoms with van der Waals surface area (Å²) in [5, 5.41) is 3.50. The van der Waals surface area contributed by atoms with Crippen molar-refractivity contribution >= 4 is 31.3 Å². The summed E-state index contributed by atoms with van der Waals surface area (Å²) >= 11 is 1.81. The van der Waals surface area contributed by atoms with E-state index < -0.39 is 14.6 Å². The minimum atomic E-state index is -2.98. The summed E-state index contributed by atoms with van der Waals surface area (Å²) in [6.45, 7) is 5.45. The number of thiophene rings is 1. The van der Waals surface area contributed by atoms with Crippen LogP contribution in [-0.2, 0) is 16.3 Å². The normalized spacial score (nSPS) is 22.4. The van der Waals surface area contributed by atoms with Gasteiger partial charge in [0.2, 0.25) is 0 Å². The molecular formula is C21H30O2S2. The van der Waals surface area contributed by atoms with Crippen molar-refractivity contribution < 1.29 is 8.42 Å². The Labute approximate surface area is 156 Å². The second-order valence-electron chi connectivity index (χ2n) is 8.61. The van der Waals surface area contributed by atoms with Crippen LogP contribution < -0.4 is 0 Å². The molecule has 138 valence electrons. The van der Waals surface area contributed by atoms with Crippen molar-refractivity contribution in [3.05, 3.63) is 35.2 Å². The van der Waals surface area contributed by atoms with Crippen molar-refractivity contribution in [1.29, 1.82) is 0 Å². The van der Waals surface area contributed by atoms with Crippen LogP contribution in [0.3, 0.4) is 0 Å². The van der Waals surface area contributed by atoms with Crippen LogP contribution in [-0.4, -0.2) is 18.9 Å². The average molecular weight is 379 g/mol. The van der Waals surface area contributed by atoms with Gasteiger partial charge in [-0.2, -0.15) is 0 Å². The van der Waals surface area contributed by atoms with E-state index >= 15 is 0 Å². The highest BCUT2D eigenvalue weighted by Crippen LogP contribution is 2.34. The van der Waals surface area contributed by atoms with Crippen LogP contribution >= 0.6 is 11.3 Å². The molecule has 1 heterocycles. The Hall–Kier alpha value is -0.870. The fraction of sp³-hybridized carbons (Fsp3) is 0.619. The van der Waals surface area contributed by atoms with Gasteiger partial charge < -0.3 is 0 Å². The summed E-state index contributed by atoms with van der Waals surface area (Å²) in [5.74, 6) is 1.49. The zero-order chi connectivity index (χ0) is 18.1. The van der Waals surface area contributed by atoms with E-state index in [9.17, 15) is 8.42 Å². The fourth-order valence-corrected chi connectivity index (χ4v) is 6.08. The van der Waals surface area contributed by atoms with Gasteiger partial charge in [-0.25, -0.2) is 8.42 Å². The number of hydrogen-bond acceptors (Lipinski definition) is 3. The molecule has 2 nitrogen and oxygen atoms in total. The van der Waals surface area contributed by atoms with Gasteiger partial charge >= 0.3 is 0 Å². The van der Waals surface area contributed by atoms with Crippen molar-refractivity contribution in [1.82, 2.24) is 0 Å². The monoisotopic (exact) mass is 378 g/mol. The number of aryl methyl sites for hydroxylation is 1. The average Bonchev–Trinajstić information content (AvgIpc) is 3.00. The Balaban J connectivity index is 1.48. The predicted octanol–water partition coefficient (Wildman–Crippen LogP) is 5.85. The second-order valence-corrected chi connectivity index (χ2v) is 12.3.